The maximum atomic E-state index is 5.10. The summed E-state index contributed by atoms with van der Waals surface area (Å²) in [5, 5.41) is 0. The number of aromatic nitrogens is 8. The summed E-state index contributed by atoms with van der Waals surface area (Å²) in [6.07, 6.45) is 3.53. The molecule has 282 valence electrons. The lowest BCUT2D eigenvalue weighted by Gasteiger charge is -2.16. The average Bonchev–Trinajstić information content (AvgIpc) is 3.35. The van der Waals surface area contributed by atoms with Gasteiger partial charge in [-0.05, 0) is 46.5 Å². The summed E-state index contributed by atoms with van der Waals surface area (Å²) < 4.78 is 0. The molecule has 0 bridgehead atoms. The molecule has 0 spiro atoms. The monoisotopic (exact) mass is 770 g/mol. The van der Waals surface area contributed by atoms with Gasteiger partial charge in [-0.1, -0.05) is 170 Å². The SMILES string of the molecule is c1ccc(-c2nc(-c3ccccc3)nc(-c3ccccc3-c3cc(-c4ncccn4)cc(-c4ccccc4-c4nc(-c5ccccc5)nc(-c5ccccc5)n4)c3)n2)cc1. The summed E-state index contributed by atoms with van der Waals surface area (Å²) >= 11 is 0. The first kappa shape index (κ1) is 36.0. The summed E-state index contributed by atoms with van der Waals surface area (Å²) in [4.78, 5) is 39.6. The van der Waals surface area contributed by atoms with Crippen LogP contribution in [0.1, 0.15) is 0 Å². The smallest absolute Gasteiger partial charge is 0.164 e. The second kappa shape index (κ2) is 16.2. The molecule has 0 aliphatic heterocycles. The molecule has 8 nitrogen and oxygen atoms in total. The van der Waals surface area contributed by atoms with E-state index in [0.717, 1.165) is 61.2 Å². The van der Waals surface area contributed by atoms with Crippen LogP contribution in [-0.2, 0) is 0 Å². The van der Waals surface area contributed by atoms with E-state index in [2.05, 4.69) is 52.4 Å². The standard InChI is InChI=1S/C52H34N8/c1-5-18-35(19-6-1)47-55-48(36-20-7-2-8-21-36)58-51(57-47)44-28-15-13-26-42(44)39-32-40(34-41(33-39)46-53-30-17-31-54-46)43-27-14-16-29-45(43)52-59-49(37-22-9-3-10-23-37)56-50(60-52)38-24-11-4-12-25-38/h1-34H. The van der Waals surface area contributed by atoms with Crippen LogP contribution in [0.4, 0.5) is 0 Å². The van der Waals surface area contributed by atoms with Gasteiger partial charge >= 0.3 is 0 Å². The Kier molecular flexibility index (Phi) is 9.75. The van der Waals surface area contributed by atoms with Gasteiger partial charge in [0.2, 0.25) is 0 Å². The highest BCUT2D eigenvalue weighted by molar-refractivity contribution is 5.90. The molecule has 60 heavy (non-hydrogen) atoms. The zero-order valence-corrected chi connectivity index (χ0v) is 32.2. The number of rotatable bonds is 9. The minimum absolute atomic E-state index is 0.564. The molecule has 10 aromatic rings. The third-order valence-electron chi connectivity index (χ3n) is 10.1. The van der Waals surface area contributed by atoms with Crippen molar-refractivity contribution < 1.29 is 0 Å². The van der Waals surface area contributed by atoms with Crippen molar-refractivity contribution in [2.45, 2.75) is 0 Å². The van der Waals surface area contributed by atoms with Gasteiger partial charge < -0.3 is 0 Å². The minimum Gasteiger partial charge on any atom is -0.237 e. The normalized spacial score (nSPS) is 11.0. The van der Waals surface area contributed by atoms with Crippen molar-refractivity contribution in [1.29, 1.82) is 0 Å². The van der Waals surface area contributed by atoms with Gasteiger partial charge in [-0.15, -0.1) is 0 Å². The second-order valence-electron chi connectivity index (χ2n) is 14.0. The lowest BCUT2D eigenvalue weighted by Crippen LogP contribution is -2.01. The Hall–Kier alpha value is -8.36. The van der Waals surface area contributed by atoms with Crippen molar-refractivity contribution in [3.63, 3.8) is 0 Å². The lowest BCUT2D eigenvalue weighted by molar-refractivity contribution is 1.07. The second-order valence-corrected chi connectivity index (χ2v) is 14.0. The van der Waals surface area contributed by atoms with Crippen molar-refractivity contribution in [2.24, 2.45) is 0 Å². The molecular formula is C52H34N8. The molecule has 0 atom stereocenters. The number of benzene rings is 7. The first-order chi connectivity index (χ1) is 29.7. The average molecular weight is 771 g/mol. The first-order valence-corrected chi connectivity index (χ1v) is 19.6. The van der Waals surface area contributed by atoms with Gasteiger partial charge in [-0.2, -0.15) is 0 Å². The van der Waals surface area contributed by atoms with Gasteiger partial charge in [-0.25, -0.2) is 39.9 Å². The molecule has 0 unspecified atom stereocenters. The van der Waals surface area contributed by atoms with E-state index >= 15 is 0 Å². The van der Waals surface area contributed by atoms with E-state index in [0.29, 0.717) is 40.8 Å². The predicted octanol–water partition coefficient (Wildman–Crippen LogP) is 11.8. The molecule has 3 heterocycles. The van der Waals surface area contributed by atoms with Crippen molar-refractivity contribution in [2.75, 3.05) is 0 Å². The maximum Gasteiger partial charge on any atom is 0.164 e. The molecule has 0 amide bonds. The van der Waals surface area contributed by atoms with E-state index in [9.17, 15) is 0 Å². The molecule has 0 N–H and O–H groups in total. The summed E-state index contributed by atoms with van der Waals surface area (Å²) in [5.41, 5.74) is 9.95. The number of hydrogen-bond donors (Lipinski definition) is 0. The lowest BCUT2D eigenvalue weighted by atomic mass is 9.91. The Labute approximate surface area is 347 Å². The van der Waals surface area contributed by atoms with Gasteiger partial charge in [0, 0.05) is 51.3 Å². The molecule has 0 saturated carbocycles. The van der Waals surface area contributed by atoms with Gasteiger partial charge in [0.15, 0.2) is 40.8 Å². The Morgan fingerprint density at radius 2 is 0.483 bits per heavy atom. The van der Waals surface area contributed by atoms with Crippen LogP contribution < -0.4 is 0 Å². The highest BCUT2D eigenvalue weighted by atomic mass is 15.0. The maximum absolute atomic E-state index is 5.10. The molecule has 0 fully saturated rings. The largest absolute Gasteiger partial charge is 0.237 e. The Morgan fingerprint density at radius 3 is 0.833 bits per heavy atom. The molecule has 0 aliphatic rings. The van der Waals surface area contributed by atoms with Crippen molar-refractivity contribution in [3.8, 4) is 102 Å². The Morgan fingerprint density at radius 1 is 0.200 bits per heavy atom. The van der Waals surface area contributed by atoms with Crippen molar-refractivity contribution in [3.05, 3.63) is 207 Å². The highest BCUT2D eigenvalue weighted by Crippen LogP contribution is 2.39. The number of nitrogens with zero attached hydrogens (tertiary/aromatic N) is 8. The molecule has 7 aromatic carbocycles. The van der Waals surface area contributed by atoms with E-state index in [1.165, 1.54) is 0 Å². The highest BCUT2D eigenvalue weighted by Gasteiger charge is 2.20. The van der Waals surface area contributed by atoms with E-state index in [4.69, 9.17) is 29.9 Å². The first-order valence-electron chi connectivity index (χ1n) is 19.6. The van der Waals surface area contributed by atoms with Crippen LogP contribution in [0.2, 0.25) is 0 Å². The number of hydrogen-bond acceptors (Lipinski definition) is 8. The molecule has 10 rings (SSSR count). The van der Waals surface area contributed by atoms with Gasteiger partial charge in [0.1, 0.15) is 0 Å². The summed E-state index contributed by atoms with van der Waals surface area (Å²) in [5.74, 6) is 4.11. The Balaban J connectivity index is 1.17. The molecule has 8 heteroatoms. The molecule has 0 saturated heterocycles. The fraction of sp³-hybridized carbons (Fsp3) is 0. The van der Waals surface area contributed by atoms with Crippen molar-refractivity contribution in [1.82, 2.24) is 39.9 Å². The van der Waals surface area contributed by atoms with Crippen LogP contribution in [-0.4, -0.2) is 39.9 Å². The van der Waals surface area contributed by atoms with E-state index in [1.54, 1.807) is 12.4 Å². The Bertz CT molecular complexity index is 2770. The van der Waals surface area contributed by atoms with Crippen LogP contribution >= 0.6 is 0 Å². The zero-order valence-electron chi connectivity index (χ0n) is 32.2. The van der Waals surface area contributed by atoms with Gasteiger partial charge in [-0.3, -0.25) is 0 Å². The summed E-state index contributed by atoms with van der Waals surface area (Å²) in [7, 11) is 0. The summed E-state index contributed by atoms with van der Waals surface area (Å²) in [6.45, 7) is 0. The predicted molar refractivity (Wildman–Crippen MR) is 238 cm³/mol. The van der Waals surface area contributed by atoms with E-state index in [1.807, 2.05) is 152 Å². The topological polar surface area (TPSA) is 103 Å². The van der Waals surface area contributed by atoms with Crippen LogP contribution in [0.15, 0.2) is 207 Å². The van der Waals surface area contributed by atoms with Gasteiger partial charge in [0.25, 0.3) is 0 Å². The fourth-order valence-corrected chi connectivity index (χ4v) is 7.23. The third-order valence-corrected chi connectivity index (χ3v) is 10.1. The van der Waals surface area contributed by atoms with Crippen LogP contribution in [0, 0.1) is 0 Å². The zero-order chi connectivity index (χ0) is 40.1. The van der Waals surface area contributed by atoms with Crippen molar-refractivity contribution >= 4 is 0 Å². The quantitative estimate of drug-likeness (QED) is 0.143. The van der Waals surface area contributed by atoms with Gasteiger partial charge in [0.05, 0.1) is 0 Å². The molecule has 0 radical (unpaired) electrons. The van der Waals surface area contributed by atoms with Crippen LogP contribution in [0.25, 0.3) is 102 Å². The van der Waals surface area contributed by atoms with E-state index < -0.39 is 0 Å². The molecule has 0 aliphatic carbocycles. The van der Waals surface area contributed by atoms with E-state index in [-0.39, 0.29) is 0 Å². The summed E-state index contributed by atoms with van der Waals surface area (Å²) in [6, 6.07) is 64.8. The van der Waals surface area contributed by atoms with Crippen LogP contribution in [0.3, 0.4) is 0 Å². The molecular weight excluding hydrogens is 737 g/mol. The minimum atomic E-state index is 0.564. The fourth-order valence-electron chi connectivity index (χ4n) is 7.23. The third kappa shape index (κ3) is 7.44. The van der Waals surface area contributed by atoms with Crippen LogP contribution in [0.5, 0.6) is 0 Å². The molecule has 3 aromatic heterocycles.